The normalized spacial score (nSPS) is 12.0. The van der Waals surface area contributed by atoms with Crippen LogP contribution in [0.25, 0.3) is 0 Å². The lowest BCUT2D eigenvalue weighted by Crippen LogP contribution is -2.47. The van der Waals surface area contributed by atoms with Crippen LogP contribution in [0.2, 0.25) is 0 Å². The van der Waals surface area contributed by atoms with E-state index in [4.69, 9.17) is 15.9 Å². The third kappa shape index (κ3) is 2.76. The second kappa shape index (κ2) is 4.50. The molecule has 6 nitrogen and oxygen atoms in total. The third-order valence-corrected chi connectivity index (χ3v) is 2.16. The van der Waals surface area contributed by atoms with Gasteiger partial charge in [0, 0.05) is 13.2 Å². The zero-order chi connectivity index (χ0) is 10.6. The highest BCUT2D eigenvalue weighted by atomic mass is 16.3. The Labute approximate surface area is 82.3 Å². The van der Waals surface area contributed by atoms with Gasteiger partial charge in [-0.25, -0.2) is 0 Å². The molecule has 0 aliphatic carbocycles. The largest absolute Gasteiger partial charge is 0.394 e. The lowest BCUT2D eigenvalue weighted by atomic mass is 9.96. The Kier molecular flexibility index (Phi) is 3.56. The standard InChI is InChI=1S/C8H16N4O2/c1-12-4-7(10-11-12)2-3-8(9,5-13)6-14/h4,13-14H,2-3,5-6,9H2,1H3. The third-order valence-electron chi connectivity index (χ3n) is 2.16. The first-order valence-electron chi connectivity index (χ1n) is 4.45. The van der Waals surface area contributed by atoms with Crippen LogP contribution in [-0.4, -0.2) is 44.0 Å². The van der Waals surface area contributed by atoms with Crippen LogP contribution in [0.15, 0.2) is 6.20 Å². The zero-order valence-corrected chi connectivity index (χ0v) is 8.22. The van der Waals surface area contributed by atoms with Crippen LogP contribution in [0.1, 0.15) is 12.1 Å². The van der Waals surface area contributed by atoms with E-state index < -0.39 is 5.54 Å². The minimum atomic E-state index is -0.919. The number of rotatable bonds is 5. The molecule has 6 heteroatoms. The van der Waals surface area contributed by atoms with E-state index in [0.717, 1.165) is 5.69 Å². The molecule has 0 bridgehead atoms. The summed E-state index contributed by atoms with van der Waals surface area (Å²) >= 11 is 0. The summed E-state index contributed by atoms with van der Waals surface area (Å²) in [6.07, 6.45) is 2.87. The summed E-state index contributed by atoms with van der Waals surface area (Å²) in [5.41, 5.74) is 5.59. The molecule has 1 rings (SSSR count). The summed E-state index contributed by atoms with van der Waals surface area (Å²) in [5.74, 6) is 0. The van der Waals surface area contributed by atoms with Gasteiger partial charge in [0.05, 0.1) is 24.4 Å². The molecule has 0 aliphatic rings. The predicted octanol–water partition coefficient (Wildman–Crippen LogP) is -1.57. The number of hydrogen-bond donors (Lipinski definition) is 3. The molecule has 80 valence electrons. The van der Waals surface area contributed by atoms with Gasteiger partial charge in [0.25, 0.3) is 0 Å². The smallest absolute Gasteiger partial charge is 0.0827 e. The second-order valence-corrected chi connectivity index (χ2v) is 3.56. The number of hydrogen-bond acceptors (Lipinski definition) is 5. The van der Waals surface area contributed by atoms with Crippen LogP contribution in [0.3, 0.4) is 0 Å². The number of nitrogens with zero attached hydrogens (tertiary/aromatic N) is 3. The maximum absolute atomic E-state index is 8.94. The number of nitrogens with two attached hydrogens (primary N) is 1. The van der Waals surface area contributed by atoms with Crippen LogP contribution in [0.5, 0.6) is 0 Å². The van der Waals surface area contributed by atoms with E-state index in [0.29, 0.717) is 12.8 Å². The molecule has 0 unspecified atom stereocenters. The van der Waals surface area contributed by atoms with Gasteiger partial charge in [-0.1, -0.05) is 5.21 Å². The average molecular weight is 200 g/mol. The summed E-state index contributed by atoms with van der Waals surface area (Å²) in [7, 11) is 1.78. The van der Waals surface area contributed by atoms with Crippen molar-refractivity contribution in [2.45, 2.75) is 18.4 Å². The first-order chi connectivity index (χ1) is 6.59. The van der Waals surface area contributed by atoms with E-state index in [-0.39, 0.29) is 13.2 Å². The number of aryl methyl sites for hydroxylation is 2. The van der Waals surface area contributed by atoms with Gasteiger partial charge in [-0.2, -0.15) is 0 Å². The molecule has 0 atom stereocenters. The summed E-state index contributed by atoms with van der Waals surface area (Å²) in [4.78, 5) is 0. The van der Waals surface area contributed by atoms with Crippen molar-refractivity contribution >= 4 is 0 Å². The van der Waals surface area contributed by atoms with Crippen LogP contribution < -0.4 is 5.73 Å². The van der Waals surface area contributed by atoms with E-state index in [1.807, 2.05) is 0 Å². The van der Waals surface area contributed by atoms with Crippen molar-refractivity contribution in [3.63, 3.8) is 0 Å². The Morgan fingerprint density at radius 2 is 2.14 bits per heavy atom. The van der Waals surface area contributed by atoms with Gasteiger partial charge in [-0.3, -0.25) is 4.68 Å². The van der Waals surface area contributed by atoms with Crippen molar-refractivity contribution < 1.29 is 10.2 Å². The molecule has 0 aromatic carbocycles. The molecule has 0 spiro atoms. The van der Waals surface area contributed by atoms with Gasteiger partial charge in [0.2, 0.25) is 0 Å². The van der Waals surface area contributed by atoms with Crippen molar-refractivity contribution in [3.05, 3.63) is 11.9 Å². The molecule has 0 saturated heterocycles. The van der Waals surface area contributed by atoms with Gasteiger partial charge in [-0.15, -0.1) is 5.10 Å². The first kappa shape index (κ1) is 11.1. The first-order valence-corrected chi connectivity index (χ1v) is 4.45. The monoisotopic (exact) mass is 200 g/mol. The van der Waals surface area contributed by atoms with E-state index in [1.54, 1.807) is 17.9 Å². The van der Waals surface area contributed by atoms with Crippen LogP contribution in [-0.2, 0) is 13.5 Å². The van der Waals surface area contributed by atoms with Crippen LogP contribution >= 0.6 is 0 Å². The molecule has 14 heavy (non-hydrogen) atoms. The molecule has 0 radical (unpaired) electrons. The number of aliphatic hydroxyl groups is 2. The highest BCUT2D eigenvalue weighted by Gasteiger charge is 2.22. The maximum atomic E-state index is 8.94. The summed E-state index contributed by atoms with van der Waals surface area (Å²) in [6.45, 7) is -0.465. The summed E-state index contributed by atoms with van der Waals surface area (Å²) < 4.78 is 1.60. The van der Waals surface area contributed by atoms with Crippen molar-refractivity contribution in [2.75, 3.05) is 13.2 Å². The SMILES string of the molecule is Cn1cc(CCC(N)(CO)CO)nn1. The van der Waals surface area contributed by atoms with Gasteiger partial charge in [0.1, 0.15) is 0 Å². The minimum Gasteiger partial charge on any atom is -0.394 e. The van der Waals surface area contributed by atoms with Gasteiger partial charge in [0.15, 0.2) is 0 Å². The fourth-order valence-electron chi connectivity index (χ4n) is 1.09. The highest BCUT2D eigenvalue weighted by Crippen LogP contribution is 2.09. The van der Waals surface area contributed by atoms with Gasteiger partial charge in [-0.05, 0) is 12.8 Å². The van der Waals surface area contributed by atoms with Crippen molar-refractivity contribution in [1.82, 2.24) is 15.0 Å². The Balaban J connectivity index is 2.47. The van der Waals surface area contributed by atoms with E-state index in [1.165, 1.54) is 0 Å². The molecule has 0 fully saturated rings. The van der Waals surface area contributed by atoms with E-state index in [9.17, 15) is 0 Å². The Hall–Kier alpha value is -0.980. The Morgan fingerprint density at radius 3 is 2.57 bits per heavy atom. The minimum absolute atomic E-state index is 0.232. The molecule has 1 aromatic rings. The second-order valence-electron chi connectivity index (χ2n) is 3.56. The number of aromatic nitrogens is 3. The highest BCUT2D eigenvalue weighted by molar-refractivity contribution is 4.95. The van der Waals surface area contributed by atoms with Crippen LogP contribution in [0, 0.1) is 0 Å². The van der Waals surface area contributed by atoms with Crippen molar-refractivity contribution in [1.29, 1.82) is 0 Å². The average Bonchev–Trinajstić information content (AvgIpc) is 2.61. The van der Waals surface area contributed by atoms with Crippen LogP contribution in [0.4, 0.5) is 0 Å². The molecule has 1 aromatic heterocycles. The quantitative estimate of drug-likeness (QED) is 0.533. The predicted molar refractivity (Wildman–Crippen MR) is 50.4 cm³/mol. The lowest BCUT2D eigenvalue weighted by molar-refractivity contribution is 0.114. The summed E-state index contributed by atoms with van der Waals surface area (Å²) in [6, 6.07) is 0. The maximum Gasteiger partial charge on any atom is 0.0827 e. The number of aliphatic hydroxyl groups excluding tert-OH is 2. The zero-order valence-electron chi connectivity index (χ0n) is 8.22. The molecule has 0 amide bonds. The fourth-order valence-corrected chi connectivity index (χ4v) is 1.09. The summed E-state index contributed by atoms with van der Waals surface area (Å²) in [5, 5.41) is 25.5. The fraction of sp³-hybridized carbons (Fsp3) is 0.750. The molecule has 0 aliphatic heterocycles. The Bertz CT molecular complexity index is 283. The lowest BCUT2D eigenvalue weighted by Gasteiger charge is -2.23. The molecule has 1 heterocycles. The van der Waals surface area contributed by atoms with E-state index in [2.05, 4.69) is 10.3 Å². The molecule has 4 N–H and O–H groups in total. The topological polar surface area (TPSA) is 97.2 Å². The molecular formula is C8H16N4O2. The van der Waals surface area contributed by atoms with Crippen molar-refractivity contribution in [3.8, 4) is 0 Å². The van der Waals surface area contributed by atoms with E-state index >= 15 is 0 Å². The molecule has 0 saturated carbocycles. The van der Waals surface area contributed by atoms with Gasteiger partial charge < -0.3 is 15.9 Å². The van der Waals surface area contributed by atoms with Crippen molar-refractivity contribution in [2.24, 2.45) is 12.8 Å². The van der Waals surface area contributed by atoms with Gasteiger partial charge >= 0.3 is 0 Å². The Morgan fingerprint density at radius 1 is 1.50 bits per heavy atom. The molecular weight excluding hydrogens is 184 g/mol.